The van der Waals surface area contributed by atoms with Crippen LogP contribution in [0.3, 0.4) is 0 Å². The van der Waals surface area contributed by atoms with E-state index in [1.807, 2.05) is 0 Å². The zero-order chi connectivity index (χ0) is 15.0. The Morgan fingerprint density at radius 2 is 2.14 bits per heavy atom. The number of benzene rings is 1. The van der Waals surface area contributed by atoms with Crippen LogP contribution in [-0.4, -0.2) is 22.8 Å². The first-order valence-electron chi connectivity index (χ1n) is 7.11. The fraction of sp³-hybridized carbons (Fsp3) is 0.533. The third-order valence-corrected chi connectivity index (χ3v) is 4.81. The van der Waals surface area contributed by atoms with Gasteiger partial charge in [0.15, 0.2) is 0 Å². The highest BCUT2D eigenvalue weighted by molar-refractivity contribution is 6.31. The van der Waals surface area contributed by atoms with Crippen LogP contribution < -0.4 is 0 Å². The molecule has 21 heavy (non-hydrogen) atoms. The summed E-state index contributed by atoms with van der Waals surface area (Å²) in [5.41, 5.74) is 1.45. The molecule has 1 aliphatic heterocycles. The second-order valence-corrected chi connectivity index (χ2v) is 6.15. The molecular formula is C15H17Cl2FN2O. The maximum absolute atomic E-state index is 13.8. The van der Waals surface area contributed by atoms with E-state index in [1.54, 1.807) is 6.07 Å². The lowest BCUT2D eigenvalue weighted by Crippen LogP contribution is -2.25. The van der Waals surface area contributed by atoms with Crippen molar-refractivity contribution in [3.63, 3.8) is 0 Å². The highest BCUT2D eigenvalue weighted by Gasteiger charge is 2.25. The van der Waals surface area contributed by atoms with Crippen LogP contribution >= 0.6 is 23.2 Å². The lowest BCUT2D eigenvalue weighted by atomic mass is 9.92. The molecule has 3 rings (SSSR count). The van der Waals surface area contributed by atoms with E-state index in [0.717, 1.165) is 37.4 Å². The van der Waals surface area contributed by atoms with Gasteiger partial charge in [-0.05, 0) is 31.7 Å². The molecule has 2 heterocycles. The van der Waals surface area contributed by atoms with Crippen molar-refractivity contribution in [2.75, 3.05) is 13.2 Å². The predicted molar refractivity (Wildman–Crippen MR) is 82.5 cm³/mol. The number of halogens is 3. The molecule has 1 atom stereocenters. The third-order valence-electron chi connectivity index (χ3n) is 4.28. The monoisotopic (exact) mass is 330 g/mol. The van der Waals surface area contributed by atoms with E-state index in [9.17, 15) is 4.39 Å². The van der Waals surface area contributed by atoms with Gasteiger partial charge in [0.1, 0.15) is 11.6 Å². The van der Waals surface area contributed by atoms with Crippen molar-refractivity contribution >= 4 is 34.2 Å². The van der Waals surface area contributed by atoms with E-state index >= 15 is 0 Å². The Kier molecular flexibility index (Phi) is 4.38. The lowest BCUT2D eigenvalue weighted by molar-refractivity contribution is 0.0516. The molecule has 0 amide bonds. The number of alkyl halides is 1. The van der Waals surface area contributed by atoms with Crippen LogP contribution in [0.2, 0.25) is 5.02 Å². The Morgan fingerprint density at radius 3 is 2.81 bits per heavy atom. The Morgan fingerprint density at radius 1 is 1.43 bits per heavy atom. The van der Waals surface area contributed by atoms with E-state index in [2.05, 4.69) is 16.5 Å². The Balaban J connectivity index is 2.08. The smallest absolute Gasteiger partial charge is 0.144 e. The topological polar surface area (TPSA) is 27.1 Å². The molecule has 0 N–H and O–H groups in total. The van der Waals surface area contributed by atoms with Crippen molar-refractivity contribution < 1.29 is 9.13 Å². The van der Waals surface area contributed by atoms with Crippen molar-refractivity contribution in [3.8, 4) is 0 Å². The number of ether oxygens (including phenoxy) is 1. The second kappa shape index (κ2) is 6.11. The first-order valence-corrected chi connectivity index (χ1v) is 8.02. The normalized spacial score (nSPS) is 18.3. The molecule has 1 aromatic carbocycles. The molecule has 0 saturated carbocycles. The highest BCUT2D eigenvalue weighted by atomic mass is 35.5. The SMILES string of the molecule is CC(C1CCOCC1)n1c(CCl)nc2cc(Cl)c(F)cc21. The number of rotatable bonds is 3. The summed E-state index contributed by atoms with van der Waals surface area (Å²) in [6.45, 7) is 3.69. The van der Waals surface area contributed by atoms with Crippen molar-refractivity contribution in [2.24, 2.45) is 5.92 Å². The van der Waals surface area contributed by atoms with E-state index in [-0.39, 0.29) is 11.1 Å². The highest BCUT2D eigenvalue weighted by Crippen LogP contribution is 2.33. The first-order chi connectivity index (χ1) is 10.1. The number of hydrogen-bond acceptors (Lipinski definition) is 2. The molecule has 3 nitrogen and oxygen atoms in total. The van der Waals surface area contributed by atoms with Crippen LogP contribution in [0.15, 0.2) is 12.1 Å². The summed E-state index contributed by atoms with van der Waals surface area (Å²) in [4.78, 5) is 4.50. The van der Waals surface area contributed by atoms with Gasteiger partial charge in [-0.15, -0.1) is 11.6 Å². The minimum absolute atomic E-state index is 0.0898. The molecule has 1 aliphatic rings. The van der Waals surface area contributed by atoms with Crippen LogP contribution in [-0.2, 0) is 10.6 Å². The van der Waals surface area contributed by atoms with Crippen LogP contribution in [0, 0.1) is 11.7 Å². The number of imidazole rings is 1. The quantitative estimate of drug-likeness (QED) is 0.771. The summed E-state index contributed by atoms with van der Waals surface area (Å²) in [6.07, 6.45) is 2.00. The number of aromatic nitrogens is 2. The van der Waals surface area contributed by atoms with Gasteiger partial charge < -0.3 is 9.30 Å². The molecular weight excluding hydrogens is 314 g/mol. The molecule has 0 spiro atoms. The zero-order valence-electron chi connectivity index (χ0n) is 11.8. The maximum atomic E-state index is 13.8. The fourth-order valence-electron chi connectivity index (χ4n) is 3.10. The molecule has 1 aromatic heterocycles. The molecule has 0 radical (unpaired) electrons. The summed E-state index contributed by atoms with van der Waals surface area (Å²) >= 11 is 11.9. The van der Waals surface area contributed by atoms with Crippen molar-refractivity contribution in [2.45, 2.75) is 31.7 Å². The van der Waals surface area contributed by atoms with E-state index in [1.165, 1.54) is 6.07 Å². The van der Waals surface area contributed by atoms with Crippen LogP contribution in [0.1, 0.15) is 31.6 Å². The lowest BCUT2D eigenvalue weighted by Gasteiger charge is -2.30. The molecule has 2 aromatic rings. The van der Waals surface area contributed by atoms with Gasteiger partial charge in [-0.2, -0.15) is 0 Å². The van der Waals surface area contributed by atoms with Gasteiger partial charge in [-0.25, -0.2) is 9.37 Å². The standard InChI is InChI=1S/C15H17Cl2FN2O/c1-9(10-2-4-21-5-3-10)20-14-7-12(18)11(17)6-13(14)19-15(20)8-16/h6-7,9-10H,2-5,8H2,1H3. The Bertz CT molecular complexity index is 653. The minimum Gasteiger partial charge on any atom is -0.381 e. The number of hydrogen-bond donors (Lipinski definition) is 0. The van der Waals surface area contributed by atoms with Crippen molar-refractivity contribution in [3.05, 3.63) is 28.8 Å². The average Bonchev–Trinajstić information content (AvgIpc) is 2.85. The van der Waals surface area contributed by atoms with E-state index in [4.69, 9.17) is 27.9 Å². The van der Waals surface area contributed by atoms with Gasteiger partial charge in [-0.3, -0.25) is 0 Å². The predicted octanol–water partition coefficient (Wildman–Crippen LogP) is 4.56. The van der Waals surface area contributed by atoms with Crippen LogP contribution in [0.4, 0.5) is 4.39 Å². The molecule has 6 heteroatoms. The number of nitrogens with zero attached hydrogens (tertiary/aromatic N) is 2. The molecule has 1 fully saturated rings. The third kappa shape index (κ3) is 2.77. The summed E-state index contributed by atoms with van der Waals surface area (Å²) in [5.74, 6) is 1.11. The van der Waals surface area contributed by atoms with Crippen LogP contribution in [0.25, 0.3) is 11.0 Å². The molecule has 0 aliphatic carbocycles. The molecule has 1 saturated heterocycles. The Hall–Kier alpha value is -0.840. The van der Waals surface area contributed by atoms with Gasteiger partial charge in [-0.1, -0.05) is 11.6 Å². The average molecular weight is 331 g/mol. The molecule has 1 unspecified atom stereocenters. The van der Waals surface area contributed by atoms with E-state index < -0.39 is 5.82 Å². The fourth-order valence-corrected chi connectivity index (χ4v) is 3.44. The second-order valence-electron chi connectivity index (χ2n) is 5.48. The molecule has 0 bridgehead atoms. The van der Waals surface area contributed by atoms with Crippen molar-refractivity contribution in [1.29, 1.82) is 0 Å². The van der Waals surface area contributed by atoms with Crippen LogP contribution in [0.5, 0.6) is 0 Å². The summed E-state index contributed by atoms with van der Waals surface area (Å²) in [7, 11) is 0. The van der Waals surface area contributed by atoms with Gasteiger partial charge >= 0.3 is 0 Å². The summed E-state index contributed by atoms with van der Waals surface area (Å²) < 4.78 is 21.3. The summed E-state index contributed by atoms with van der Waals surface area (Å²) in [5, 5.41) is 0.0898. The van der Waals surface area contributed by atoms with Gasteiger partial charge in [0, 0.05) is 25.3 Å². The summed E-state index contributed by atoms with van der Waals surface area (Å²) in [6, 6.07) is 3.22. The van der Waals surface area contributed by atoms with E-state index in [0.29, 0.717) is 17.3 Å². The molecule has 114 valence electrons. The van der Waals surface area contributed by atoms with Gasteiger partial charge in [0.25, 0.3) is 0 Å². The van der Waals surface area contributed by atoms with Gasteiger partial charge in [0.05, 0.1) is 21.9 Å². The zero-order valence-corrected chi connectivity index (χ0v) is 13.3. The number of fused-ring (bicyclic) bond motifs is 1. The Labute approximate surface area is 133 Å². The maximum Gasteiger partial charge on any atom is 0.144 e. The largest absolute Gasteiger partial charge is 0.381 e. The van der Waals surface area contributed by atoms with Gasteiger partial charge in [0.2, 0.25) is 0 Å². The minimum atomic E-state index is -0.425. The first kappa shape index (κ1) is 15.1. The van der Waals surface area contributed by atoms with Crippen molar-refractivity contribution in [1.82, 2.24) is 9.55 Å².